The van der Waals surface area contributed by atoms with Crippen molar-refractivity contribution in [1.82, 2.24) is 9.62 Å². The first-order valence-corrected chi connectivity index (χ1v) is 9.97. The van der Waals surface area contributed by atoms with E-state index in [1.54, 1.807) is 17.0 Å². The van der Waals surface area contributed by atoms with E-state index in [9.17, 15) is 13.2 Å². The van der Waals surface area contributed by atoms with E-state index in [2.05, 4.69) is 9.62 Å². The highest BCUT2D eigenvalue weighted by Crippen LogP contribution is 2.30. The highest BCUT2D eigenvalue weighted by atomic mass is 32.2. The van der Waals surface area contributed by atoms with Crippen LogP contribution in [0.4, 0.5) is 5.69 Å². The number of hydrogen-bond acceptors (Lipinski definition) is 4. The van der Waals surface area contributed by atoms with Crippen molar-refractivity contribution in [3.63, 3.8) is 0 Å². The van der Waals surface area contributed by atoms with Crippen molar-refractivity contribution in [1.29, 1.82) is 0 Å². The van der Waals surface area contributed by atoms with E-state index in [1.807, 2.05) is 13.1 Å². The molecule has 3 rings (SSSR count). The van der Waals surface area contributed by atoms with Crippen molar-refractivity contribution in [3.8, 4) is 0 Å². The molecular weight excluding hydrogens is 326 g/mol. The van der Waals surface area contributed by atoms with Crippen LogP contribution in [0.15, 0.2) is 23.1 Å². The summed E-state index contributed by atoms with van der Waals surface area (Å²) < 4.78 is 28.3. The Morgan fingerprint density at radius 1 is 1.25 bits per heavy atom. The van der Waals surface area contributed by atoms with Crippen LogP contribution >= 0.6 is 0 Å². The van der Waals surface area contributed by atoms with Crippen molar-refractivity contribution in [2.45, 2.75) is 43.5 Å². The van der Waals surface area contributed by atoms with Crippen LogP contribution in [0.25, 0.3) is 0 Å². The Kier molecular flexibility index (Phi) is 4.94. The lowest BCUT2D eigenvalue weighted by atomic mass is 10.0. The standard InChI is InChI=1S/C17H25N3O3S/c1-13(21)20-10-3-5-14-7-8-16(11-17(14)20)24(22,23)18-15-6-4-9-19(2)12-15/h7-8,11,15,18H,3-6,9-10,12H2,1-2H3/t15-/m1/s1. The van der Waals surface area contributed by atoms with Gasteiger partial charge < -0.3 is 9.80 Å². The third-order valence-corrected chi connectivity index (χ3v) is 6.33. The second kappa shape index (κ2) is 6.82. The van der Waals surface area contributed by atoms with Gasteiger partial charge >= 0.3 is 0 Å². The predicted octanol–water partition coefficient (Wildman–Crippen LogP) is 1.36. The molecule has 2 aliphatic heterocycles. The van der Waals surface area contributed by atoms with Crippen LogP contribution in [0.2, 0.25) is 0 Å². The highest BCUT2D eigenvalue weighted by molar-refractivity contribution is 7.89. The zero-order valence-electron chi connectivity index (χ0n) is 14.3. The van der Waals surface area contributed by atoms with Crippen molar-refractivity contribution in [3.05, 3.63) is 23.8 Å². The third kappa shape index (κ3) is 3.63. The smallest absolute Gasteiger partial charge is 0.240 e. The van der Waals surface area contributed by atoms with Crippen molar-refractivity contribution in [2.24, 2.45) is 0 Å². The summed E-state index contributed by atoms with van der Waals surface area (Å²) >= 11 is 0. The molecule has 1 saturated heterocycles. The van der Waals surface area contributed by atoms with E-state index in [4.69, 9.17) is 0 Å². The maximum absolute atomic E-state index is 12.7. The van der Waals surface area contributed by atoms with Gasteiger partial charge in [0.15, 0.2) is 0 Å². The first-order chi connectivity index (χ1) is 11.4. The molecule has 2 heterocycles. The Hall–Kier alpha value is -1.44. The molecule has 6 nitrogen and oxygen atoms in total. The maximum atomic E-state index is 12.7. The fourth-order valence-corrected chi connectivity index (χ4v) is 4.88. The molecule has 0 aliphatic carbocycles. The Morgan fingerprint density at radius 2 is 2.04 bits per heavy atom. The van der Waals surface area contributed by atoms with Gasteiger partial charge in [0, 0.05) is 31.7 Å². The Bertz CT molecular complexity index is 733. The fourth-order valence-electron chi connectivity index (χ4n) is 3.60. The van der Waals surface area contributed by atoms with Crippen LogP contribution in [0.5, 0.6) is 0 Å². The molecule has 1 N–H and O–H groups in total. The Labute approximate surface area is 143 Å². The summed E-state index contributed by atoms with van der Waals surface area (Å²) in [6.45, 7) is 3.90. The van der Waals surface area contributed by atoms with Crippen LogP contribution in [0.1, 0.15) is 31.7 Å². The van der Waals surface area contributed by atoms with Gasteiger partial charge in [-0.25, -0.2) is 13.1 Å². The monoisotopic (exact) mass is 351 g/mol. The molecule has 0 bridgehead atoms. The molecule has 2 aliphatic rings. The molecule has 1 atom stereocenters. The molecule has 0 saturated carbocycles. The summed E-state index contributed by atoms with van der Waals surface area (Å²) in [5, 5.41) is 0. The summed E-state index contributed by atoms with van der Waals surface area (Å²) in [7, 11) is -1.58. The Morgan fingerprint density at radius 3 is 2.75 bits per heavy atom. The van der Waals surface area contributed by atoms with Gasteiger partial charge in [0.1, 0.15) is 0 Å². The van der Waals surface area contributed by atoms with E-state index in [0.717, 1.165) is 50.0 Å². The average Bonchev–Trinajstić information content (AvgIpc) is 2.53. The topological polar surface area (TPSA) is 69.7 Å². The number of fused-ring (bicyclic) bond motifs is 1. The van der Waals surface area contributed by atoms with Crippen molar-refractivity contribution < 1.29 is 13.2 Å². The summed E-state index contributed by atoms with van der Waals surface area (Å²) in [5.41, 5.74) is 1.77. The lowest BCUT2D eigenvalue weighted by Crippen LogP contribution is -2.46. The normalized spacial score (nSPS) is 22.2. The first kappa shape index (κ1) is 17.4. The average molecular weight is 351 g/mol. The van der Waals surface area contributed by atoms with E-state index in [1.165, 1.54) is 6.92 Å². The number of nitrogens with one attached hydrogen (secondary N) is 1. The van der Waals surface area contributed by atoms with Crippen molar-refractivity contribution >= 4 is 21.6 Å². The minimum Gasteiger partial charge on any atom is -0.312 e. The number of nitrogens with zero attached hydrogens (tertiary/aromatic N) is 2. The molecule has 132 valence electrons. The van der Waals surface area contributed by atoms with Gasteiger partial charge in [-0.15, -0.1) is 0 Å². The minimum absolute atomic E-state index is 0.0487. The summed E-state index contributed by atoms with van der Waals surface area (Å²) in [6, 6.07) is 5.07. The number of aryl methyl sites for hydroxylation is 1. The number of anilines is 1. The van der Waals surface area contributed by atoms with Gasteiger partial charge in [-0.2, -0.15) is 0 Å². The number of carbonyl (C=O) groups excluding carboxylic acids is 1. The minimum atomic E-state index is -3.58. The summed E-state index contributed by atoms with van der Waals surface area (Å²) in [6.07, 6.45) is 3.63. The maximum Gasteiger partial charge on any atom is 0.240 e. The van der Waals surface area contributed by atoms with Crippen LogP contribution in [0.3, 0.4) is 0 Å². The lowest BCUT2D eigenvalue weighted by Gasteiger charge is -2.31. The molecule has 7 heteroatoms. The van der Waals surface area contributed by atoms with Gasteiger partial charge in [-0.1, -0.05) is 6.07 Å². The number of hydrogen-bond donors (Lipinski definition) is 1. The van der Waals surface area contributed by atoms with Gasteiger partial charge in [0.05, 0.1) is 4.90 Å². The number of carbonyl (C=O) groups is 1. The zero-order chi connectivity index (χ0) is 17.3. The van der Waals surface area contributed by atoms with E-state index >= 15 is 0 Å². The van der Waals surface area contributed by atoms with Crippen molar-refractivity contribution in [2.75, 3.05) is 31.6 Å². The number of amides is 1. The van der Waals surface area contributed by atoms with Gasteiger partial charge in [0.2, 0.25) is 15.9 Å². The molecule has 1 aromatic carbocycles. The second-order valence-electron chi connectivity index (χ2n) is 6.79. The number of benzene rings is 1. The predicted molar refractivity (Wildman–Crippen MR) is 93.6 cm³/mol. The molecule has 1 fully saturated rings. The van der Waals surface area contributed by atoms with Crippen LogP contribution < -0.4 is 9.62 Å². The number of likely N-dealkylation sites (tertiary alicyclic amines) is 1. The van der Waals surface area contributed by atoms with Crippen LogP contribution in [0, 0.1) is 0 Å². The summed E-state index contributed by atoms with van der Waals surface area (Å²) in [5.74, 6) is -0.0487. The summed E-state index contributed by atoms with van der Waals surface area (Å²) in [4.78, 5) is 15.9. The van der Waals surface area contributed by atoms with E-state index < -0.39 is 10.0 Å². The van der Waals surface area contributed by atoms with Gasteiger partial charge in [0.25, 0.3) is 0 Å². The quantitative estimate of drug-likeness (QED) is 0.893. The molecular formula is C17H25N3O3S. The van der Waals surface area contributed by atoms with Crippen LogP contribution in [-0.4, -0.2) is 51.9 Å². The molecule has 1 amide bonds. The number of rotatable bonds is 3. The van der Waals surface area contributed by atoms with Crippen LogP contribution in [-0.2, 0) is 21.2 Å². The lowest BCUT2D eigenvalue weighted by molar-refractivity contribution is -0.116. The van der Waals surface area contributed by atoms with E-state index in [-0.39, 0.29) is 16.8 Å². The molecule has 0 spiro atoms. The molecule has 0 unspecified atom stereocenters. The van der Waals surface area contributed by atoms with E-state index in [0.29, 0.717) is 6.54 Å². The first-order valence-electron chi connectivity index (χ1n) is 8.49. The molecule has 0 aromatic heterocycles. The zero-order valence-corrected chi connectivity index (χ0v) is 15.1. The highest BCUT2D eigenvalue weighted by Gasteiger charge is 2.26. The van der Waals surface area contributed by atoms with Gasteiger partial charge in [-0.05, 0) is 57.0 Å². The van der Waals surface area contributed by atoms with Gasteiger partial charge in [-0.3, -0.25) is 4.79 Å². The second-order valence-corrected chi connectivity index (χ2v) is 8.50. The fraction of sp³-hybridized carbons (Fsp3) is 0.588. The number of sulfonamides is 1. The molecule has 24 heavy (non-hydrogen) atoms. The Balaban J connectivity index is 1.86. The molecule has 0 radical (unpaired) electrons. The third-order valence-electron chi connectivity index (χ3n) is 4.81. The number of piperidine rings is 1. The number of likely N-dealkylation sites (N-methyl/N-ethyl adjacent to an activating group) is 1. The largest absolute Gasteiger partial charge is 0.312 e. The molecule has 1 aromatic rings. The SMILES string of the molecule is CC(=O)N1CCCc2ccc(S(=O)(=O)N[C@@H]3CCCN(C)C3)cc21.